The highest BCUT2D eigenvalue weighted by atomic mass is 16.3. The number of hydrogen-bond donors (Lipinski definition) is 3. The number of nitrogens with one attached hydrogen (secondary N) is 1. The molecule has 1 saturated heterocycles. The van der Waals surface area contributed by atoms with Crippen molar-refractivity contribution in [3.8, 4) is 0 Å². The highest BCUT2D eigenvalue weighted by Crippen LogP contribution is 2.36. The standard InChI is InChI=1S/C19H23N5O2/c20-19-22-16(13-8-15(25)9-13)10-17(23-19)21-11-12-3-5-14(6-4-12)24-7-1-2-18(24)26/h3-6,10,13,15,25H,1-2,7-9,11H2,(H3,20,21,22,23). The summed E-state index contributed by atoms with van der Waals surface area (Å²) in [5, 5.41) is 12.8. The average Bonchev–Trinajstić information content (AvgIpc) is 3.03. The van der Waals surface area contributed by atoms with Gasteiger partial charge in [0.05, 0.1) is 11.8 Å². The molecule has 4 N–H and O–H groups in total. The van der Waals surface area contributed by atoms with Crippen LogP contribution in [-0.4, -0.2) is 33.6 Å². The van der Waals surface area contributed by atoms with Crippen LogP contribution in [0, 0.1) is 0 Å². The minimum Gasteiger partial charge on any atom is -0.393 e. The molecule has 2 aliphatic rings. The van der Waals surface area contributed by atoms with Gasteiger partial charge in [0.2, 0.25) is 11.9 Å². The number of nitrogen functional groups attached to an aromatic ring is 1. The van der Waals surface area contributed by atoms with Crippen molar-refractivity contribution < 1.29 is 9.90 Å². The maximum absolute atomic E-state index is 11.8. The first-order valence-corrected chi connectivity index (χ1v) is 9.04. The van der Waals surface area contributed by atoms with Crippen molar-refractivity contribution in [3.63, 3.8) is 0 Å². The zero-order valence-corrected chi connectivity index (χ0v) is 14.6. The van der Waals surface area contributed by atoms with Crippen LogP contribution >= 0.6 is 0 Å². The van der Waals surface area contributed by atoms with Crippen molar-refractivity contribution >= 4 is 23.4 Å². The molecule has 1 aliphatic carbocycles. The van der Waals surface area contributed by atoms with Crippen LogP contribution in [-0.2, 0) is 11.3 Å². The van der Waals surface area contributed by atoms with Crippen LogP contribution in [0.5, 0.6) is 0 Å². The Kier molecular flexibility index (Phi) is 4.46. The van der Waals surface area contributed by atoms with Gasteiger partial charge in [0.1, 0.15) is 5.82 Å². The van der Waals surface area contributed by atoms with Gasteiger partial charge in [-0.2, -0.15) is 4.98 Å². The topological polar surface area (TPSA) is 104 Å². The van der Waals surface area contributed by atoms with Crippen molar-refractivity contribution in [1.29, 1.82) is 0 Å². The van der Waals surface area contributed by atoms with E-state index in [1.54, 1.807) is 0 Å². The number of nitrogens with two attached hydrogens (primary N) is 1. The van der Waals surface area contributed by atoms with E-state index in [1.165, 1.54) is 0 Å². The molecular formula is C19H23N5O2. The van der Waals surface area contributed by atoms with Crippen LogP contribution in [0.3, 0.4) is 0 Å². The van der Waals surface area contributed by atoms with Crippen LogP contribution in [0.4, 0.5) is 17.5 Å². The van der Waals surface area contributed by atoms with Gasteiger partial charge in [-0.3, -0.25) is 4.79 Å². The Balaban J connectivity index is 1.40. The highest BCUT2D eigenvalue weighted by molar-refractivity contribution is 5.95. The van der Waals surface area contributed by atoms with Gasteiger partial charge >= 0.3 is 0 Å². The summed E-state index contributed by atoms with van der Waals surface area (Å²) in [6.45, 7) is 1.41. The van der Waals surface area contributed by atoms with Crippen LogP contribution < -0.4 is 16.0 Å². The van der Waals surface area contributed by atoms with E-state index in [0.717, 1.165) is 42.8 Å². The number of nitrogens with zero attached hydrogens (tertiary/aromatic N) is 3. The summed E-state index contributed by atoms with van der Waals surface area (Å²) >= 11 is 0. The van der Waals surface area contributed by atoms with Crippen LogP contribution in [0.25, 0.3) is 0 Å². The molecule has 2 fully saturated rings. The fraction of sp³-hybridized carbons (Fsp3) is 0.421. The SMILES string of the molecule is Nc1nc(NCc2ccc(N3CCCC3=O)cc2)cc(C2CC(O)C2)n1. The summed E-state index contributed by atoms with van der Waals surface area (Å²) in [7, 11) is 0. The molecule has 7 nitrogen and oxygen atoms in total. The third kappa shape index (κ3) is 3.48. The van der Waals surface area contributed by atoms with Crippen molar-refractivity contribution in [2.24, 2.45) is 0 Å². The van der Waals surface area contributed by atoms with E-state index >= 15 is 0 Å². The second-order valence-electron chi connectivity index (χ2n) is 7.03. The number of amides is 1. The Bertz CT molecular complexity index is 802. The van der Waals surface area contributed by atoms with E-state index < -0.39 is 0 Å². The number of aliphatic hydroxyl groups is 1. The van der Waals surface area contributed by atoms with E-state index in [4.69, 9.17) is 5.73 Å². The monoisotopic (exact) mass is 353 g/mol. The minimum atomic E-state index is -0.228. The van der Waals surface area contributed by atoms with Gasteiger partial charge in [0.15, 0.2) is 0 Å². The normalized spacial score (nSPS) is 22.3. The summed E-state index contributed by atoms with van der Waals surface area (Å²) < 4.78 is 0. The molecule has 1 saturated carbocycles. The lowest BCUT2D eigenvalue weighted by Crippen LogP contribution is -2.27. The van der Waals surface area contributed by atoms with E-state index in [-0.39, 0.29) is 23.9 Å². The molecule has 2 heterocycles. The van der Waals surface area contributed by atoms with Crippen LogP contribution in [0.2, 0.25) is 0 Å². The Hall–Kier alpha value is -2.67. The molecule has 0 unspecified atom stereocenters. The summed E-state index contributed by atoms with van der Waals surface area (Å²) in [6, 6.07) is 9.90. The molecule has 4 rings (SSSR count). The maximum atomic E-state index is 11.8. The molecule has 7 heteroatoms. The Morgan fingerprint density at radius 1 is 1.23 bits per heavy atom. The van der Waals surface area contributed by atoms with Crippen molar-refractivity contribution in [1.82, 2.24) is 9.97 Å². The first-order chi connectivity index (χ1) is 12.6. The molecule has 1 aromatic carbocycles. The van der Waals surface area contributed by atoms with Crippen molar-refractivity contribution in [3.05, 3.63) is 41.6 Å². The molecule has 0 atom stereocenters. The van der Waals surface area contributed by atoms with Gasteiger partial charge in [-0.25, -0.2) is 4.98 Å². The average molecular weight is 353 g/mol. The van der Waals surface area contributed by atoms with Crippen molar-refractivity contribution in [2.75, 3.05) is 22.5 Å². The smallest absolute Gasteiger partial charge is 0.227 e. The summed E-state index contributed by atoms with van der Waals surface area (Å²) in [5.74, 6) is 1.39. The second kappa shape index (κ2) is 6.92. The molecule has 2 aromatic rings. The first-order valence-electron chi connectivity index (χ1n) is 9.04. The third-order valence-electron chi connectivity index (χ3n) is 5.09. The number of aromatic nitrogens is 2. The summed E-state index contributed by atoms with van der Waals surface area (Å²) in [6.07, 6.45) is 2.80. The summed E-state index contributed by atoms with van der Waals surface area (Å²) in [5.41, 5.74) is 8.75. The predicted octanol–water partition coefficient (Wildman–Crippen LogP) is 2.04. The lowest BCUT2D eigenvalue weighted by Gasteiger charge is -2.30. The number of carbonyl (C=O) groups excluding carboxylic acids is 1. The van der Waals surface area contributed by atoms with Gasteiger partial charge in [-0.1, -0.05) is 12.1 Å². The fourth-order valence-electron chi connectivity index (χ4n) is 3.52. The van der Waals surface area contributed by atoms with Crippen molar-refractivity contribution in [2.45, 2.75) is 44.2 Å². The minimum absolute atomic E-state index is 0.195. The molecule has 1 aromatic heterocycles. The Morgan fingerprint density at radius 2 is 2.00 bits per heavy atom. The van der Waals surface area contributed by atoms with E-state index in [1.807, 2.05) is 35.2 Å². The molecule has 1 amide bonds. The van der Waals surface area contributed by atoms with Gasteiger partial charge < -0.3 is 21.1 Å². The lowest BCUT2D eigenvalue weighted by molar-refractivity contribution is -0.117. The fourth-order valence-corrected chi connectivity index (χ4v) is 3.52. The molecule has 136 valence electrons. The Morgan fingerprint density at radius 3 is 2.65 bits per heavy atom. The maximum Gasteiger partial charge on any atom is 0.227 e. The molecule has 0 spiro atoms. The van der Waals surface area contributed by atoms with E-state index in [9.17, 15) is 9.90 Å². The van der Waals surface area contributed by atoms with Gasteiger partial charge in [-0.05, 0) is 37.0 Å². The number of carbonyl (C=O) groups is 1. The number of rotatable bonds is 5. The number of anilines is 3. The molecule has 0 bridgehead atoms. The quantitative estimate of drug-likeness (QED) is 0.760. The zero-order valence-electron chi connectivity index (χ0n) is 14.6. The molecular weight excluding hydrogens is 330 g/mol. The lowest BCUT2D eigenvalue weighted by atomic mass is 9.80. The predicted molar refractivity (Wildman–Crippen MR) is 99.8 cm³/mol. The van der Waals surface area contributed by atoms with Crippen LogP contribution in [0.15, 0.2) is 30.3 Å². The van der Waals surface area contributed by atoms with Gasteiger partial charge in [0, 0.05) is 37.2 Å². The van der Waals surface area contributed by atoms with E-state index in [0.29, 0.717) is 18.8 Å². The van der Waals surface area contributed by atoms with Gasteiger partial charge in [0.25, 0.3) is 0 Å². The van der Waals surface area contributed by atoms with Gasteiger partial charge in [-0.15, -0.1) is 0 Å². The second-order valence-corrected chi connectivity index (χ2v) is 7.03. The Labute approximate surface area is 152 Å². The summed E-state index contributed by atoms with van der Waals surface area (Å²) in [4.78, 5) is 22.2. The molecule has 0 radical (unpaired) electrons. The number of benzene rings is 1. The van der Waals surface area contributed by atoms with Crippen LogP contribution in [0.1, 0.15) is 42.9 Å². The molecule has 1 aliphatic heterocycles. The largest absolute Gasteiger partial charge is 0.393 e. The highest BCUT2D eigenvalue weighted by Gasteiger charge is 2.30. The number of aliphatic hydroxyl groups excluding tert-OH is 1. The van der Waals surface area contributed by atoms with E-state index in [2.05, 4.69) is 15.3 Å². The zero-order chi connectivity index (χ0) is 18.1. The number of hydrogen-bond acceptors (Lipinski definition) is 6. The third-order valence-corrected chi connectivity index (χ3v) is 5.09. The first kappa shape index (κ1) is 16.8. The molecule has 26 heavy (non-hydrogen) atoms.